The van der Waals surface area contributed by atoms with Crippen molar-refractivity contribution in [3.05, 3.63) is 28.5 Å². The highest BCUT2D eigenvalue weighted by Gasteiger charge is 2.54. The van der Waals surface area contributed by atoms with Crippen LogP contribution in [0.25, 0.3) is 10.9 Å². The molecule has 0 atom stereocenters. The van der Waals surface area contributed by atoms with Gasteiger partial charge in [0, 0.05) is 11.5 Å². The molecule has 2 aromatic rings. The van der Waals surface area contributed by atoms with Gasteiger partial charge in [0.2, 0.25) is 0 Å². The van der Waals surface area contributed by atoms with Crippen LogP contribution in [-0.2, 0) is 14.0 Å². The van der Waals surface area contributed by atoms with Crippen molar-refractivity contribution in [2.75, 3.05) is 0 Å². The van der Waals surface area contributed by atoms with Gasteiger partial charge >= 0.3 is 13.2 Å². The van der Waals surface area contributed by atoms with Crippen LogP contribution in [0.1, 0.15) is 54.0 Å². The number of halogens is 2. The summed E-state index contributed by atoms with van der Waals surface area (Å²) in [7, 11) is -0.813. The normalized spacial score (nSPS) is 18.7. The maximum absolute atomic E-state index is 14.2. The highest BCUT2D eigenvalue weighted by atomic mass is 35.5. The van der Waals surface area contributed by atoms with Crippen molar-refractivity contribution in [3.8, 4) is 0 Å². The molecule has 28 heavy (non-hydrogen) atoms. The number of benzene rings is 1. The standard InChI is InChI=1S/C20H26BClFNO4/c1-11-12-9-13(22)14(23)10-15(12)24(17(25)26-18(2,3)4)16(11)21-27-19(5,6)20(7,8)28-21/h9-10H,1-8H3. The summed E-state index contributed by atoms with van der Waals surface area (Å²) in [5.41, 5.74) is -0.353. The van der Waals surface area contributed by atoms with Crippen molar-refractivity contribution >= 4 is 41.3 Å². The van der Waals surface area contributed by atoms with E-state index in [2.05, 4.69) is 0 Å². The molecule has 0 radical (unpaired) electrons. The summed E-state index contributed by atoms with van der Waals surface area (Å²) in [6.07, 6.45) is -0.628. The van der Waals surface area contributed by atoms with Crippen LogP contribution in [0.5, 0.6) is 0 Å². The molecule has 1 saturated heterocycles. The number of carbonyl (C=O) groups excluding carboxylic acids is 1. The fourth-order valence-corrected chi connectivity index (χ4v) is 3.36. The average Bonchev–Trinajstić information content (AvgIpc) is 2.89. The quantitative estimate of drug-likeness (QED) is 0.633. The average molecular weight is 410 g/mol. The molecular formula is C20H26BClFNO4. The summed E-state index contributed by atoms with van der Waals surface area (Å²) in [6, 6.07) is 2.75. The lowest BCUT2D eigenvalue weighted by Crippen LogP contribution is -2.44. The van der Waals surface area contributed by atoms with Crippen LogP contribution in [-0.4, -0.2) is 34.6 Å². The van der Waals surface area contributed by atoms with E-state index in [0.717, 1.165) is 5.56 Å². The molecule has 1 aliphatic heterocycles. The van der Waals surface area contributed by atoms with E-state index in [0.29, 0.717) is 16.5 Å². The number of hydrogen-bond donors (Lipinski definition) is 0. The van der Waals surface area contributed by atoms with Gasteiger partial charge in [-0.15, -0.1) is 0 Å². The third-order valence-corrected chi connectivity index (χ3v) is 5.65. The predicted octanol–water partition coefficient (Wildman–Crippen LogP) is 4.82. The van der Waals surface area contributed by atoms with Crippen LogP contribution in [0.4, 0.5) is 9.18 Å². The number of aryl methyl sites for hydroxylation is 1. The molecule has 0 saturated carbocycles. The number of rotatable bonds is 1. The molecule has 0 amide bonds. The van der Waals surface area contributed by atoms with Gasteiger partial charge in [-0.1, -0.05) is 11.6 Å². The lowest BCUT2D eigenvalue weighted by atomic mass is 9.81. The van der Waals surface area contributed by atoms with Crippen molar-refractivity contribution in [2.24, 2.45) is 0 Å². The predicted molar refractivity (Wildman–Crippen MR) is 109 cm³/mol. The van der Waals surface area contributed by atoms with Crippen molar-refractivity contribution in [3.63, 3.8) is 0 Å². The second-order valence-corrected chi connectivity index (χ2v) is 9.60. The maximum Gasteiger partial charge on any atom is 0.513 e. The molecule has 3 rings (SSSR count). The van der Waals surface area contributed by atoms with Gasteiger partial charge in [-0.25, -0.2) is 9.18 Å². The van der Waals surface area contributed by atoms with Crippen molar-refractivity contribution in [1.29, 1.82) is 0 Å². The molecule has 1 aliphatic rings. The summed E-state index contributed by atoms with van der Waals surface area (Å²) in [5, 5.41) is 0.624. The van der Waals surface area contributed by atoms with E-state index in [9.17, 15) is 9.18 Å². The van der Waals surface area contributed by atoms with Gasteiger partial charge < -0.3 is 14.0 Å². The van der Waals surface area contributed by atoms with Crippen molar-refractivity contribution in [1.82, 2.24) is 4.57 Å². The zero-order valence-corrected chi connectivity index (χ0v) is 18.3. The van der Waals surface area contributed by atoms with Crippen LogP contribution >= 0.6 is 11.6 Å². The van der Waals surface area contributed by atoms with Crippen LogP contribution in [0, 0.1) is 12.7 Å². The summed E-state index contributed by atoms with van der Waals surface area (Å²) >= 11 is 5.99. The van der Waals surface area contributed by atoms with Crippen LogP contribution in [0.15, 0.2) is 12.1 Å². The smallest absolute Gasteiger partial charge is 0.443 e. The number of ether oxygens (including phenoxy) is 1. The van der Waals surface area contributed by atoms with Crippen LogP contribution in [0.3, 0.4) is 0 Å². The van der Waals surface area contributed by atoms with E-state index >= 15 is 0 Å². The van der Waals surface area contributed by atoms with Crippen molar-refractivity contribution < 1.29 is 23.2 Å². The minimum Gasteiger partial charge on any atom is -0.443 e. The summed E-state index contributed by atoms with van der Waals surface area (Å²) in [6.45, 7) is 14.9. The van der Waals surface area contributed by atoms with Gasteiger partial charge in [0.15, 0.2) is 0 Å². The first-order chi connectivity index (χ1) is 12.6. The zero-order valence-electron chi connectivity index (χ0n) is 17.6. The van der Waals surface area contributed by atoms with Gasteiger partial charge in [0.25, 0.3) is 0 Å². The largest absolute Gasteiger partial charge is 0.513 e. The molecule has 152 valence electrons. The Balaban J connectivity index is 2.25. The molecular weight excluding hydrogens is 383 g/mol. The number of aromatic nitrogens is 1. The first kappa shape index (κ1) is 21.2. The lowest BCUT2D eigenvalue weighted by Gasteiger charge is -2.32. The Labute approximate surface area is 170 Å². The fourth-order valence-electron chi connectivity index (χ4n) is 3.20. The van der Waals surface area contributed by atoms with Crippen molar-refractivity contribution in [2.45, 2.75) is 72.2 Å². The third-order valence-electron chi connectivity index (χ3n) is 5.36. The first-order valence-corrected chi connectivity index (χ1v) is 9.61. The number of fused-ring (bicyclic) bond motifs is 1. The Hall–Kier alpha value is -1.57. The highest BCUT2D eigenvalue weighted by Crippen LogP contribution is 2.38. The van der Waals surface area contributed by atoms with Gasteiger partial charge in [0.1, 0.15) is 11.4 Å². The summed E-state index contributed by atoms with van der Waals surface area (Å²) in [5.74, 6) is -0.614. The number of nitrogens with zero attached hydrogens (tertiary/aromatic N) is 1. The molecule has 1 aromatic carbocycles. The first-order valence-electron chi connectivity index (χ1n) is 9.23. The topological polar surface area (TPSA) is 49.7 Å². The Kier molecular flexibility index (Phi) is 4.89. The lowest BCUT2D eigenvalue weighted by molar-refractivity contribution is 0.00578. The second kappa shape index (κ2) is 6.47. The van der Waals surface area contributed by atoms with Gasteiger partial charge in [-0.3, -0.25) is 4.57 Å². The highest BCUT2D eigenvalue weighted by molar-refractivity contribution is 6.63. The third kappa shape index (κ3) is 3.44. The Morgan fingerprint density at radius 1 is 1.18 bits per heavy atom. The molecule has 8 heteroatoms. The molecule has 0 aliphatic carbocycles. The minimum atomic E-state index is -0.813. The molecule has 0 N–H and O–H groups in total. The maximum atomic E-state index is 14.2. The monoisotopic (exact) mass is 409 g/mol. The Morgan fingerprint density at radius 3 is 2.21 bits per heavy atom. The number of carbonyl (C=O) groups is 1. The van der Waals surface area contributed by atoms with E-state index in [1.54, 1.807) is 20.8 Å². The zero-order chi connectivity index (χ0) is 21.2. The van der Waals surface area contributed by atoms with E-state index in [1.165, 1.54) is 16.7 Å². The van der Waals surface area contributed by atoms with E-state index in [4.69, 9.17) is 25.6 Å². The van der Waals surface area contributed by atoms with Gasteiger partial charge in [-0.2, -0.15) is 0 Å². The van der Waals surface area contributed by atoms with Crippen LogP contribution < -0.4 is 5.59 Å². The molecule has 1 aromatic heterocycles. The molecule has 5 nitrogen and oxygen atoms in total. The van der Waals surface area contributed by atoms with Gasteiger partial charge in [0.05, 0.1) is 27.3 Å². The summed E-state index contributed by atoms with van der Waals surface area (Å²) < 4.78 is 33.5. The molecule has 0 bridgehead atoms. The molecule has 1 fully saturated rings. The molecule has 0 unspecified atom stereocenters. The second-order valence-electron chi connectivity index (χ2n) is 9.20. The van der Waals surface area contributed by atoms with E-state index in [-0.39, 0.29) is 5.02 Å². The van der Waals surface area contributed by atoms with Crippen LogP contribution in [0.2, 0.25) is 5.02 Å². The Bertz CT molecular complexity index is 945. The summed E-state index contributed by atoms with van der Waals surface area (Å²) in [4.78, 5) is 13.1. The number of hydrogen-bond acceptors (Lipinski definition) is 4. The minimum absolute atomic E-state index is 0.0163. The molecule has 2 heterocycles. The molecule has 0 spiro atoms. The SMILES string of the molecule is Cc1c(B2OC(C)(C)C(C)(C)O2)n(C(=O)OC(C)(C)C)c2cc(F)c(Cl)cc12. The fraction of sp³-hybridized carbons (Fsp3) is 0.550. The van der Waals surface area contributed by atoms with E-state index < -0.39 is 35.8 Å². The Morgan fingerprint density at radius 2 is 1.71 bits per heavy atom. The van der Waals surface area contributed by atoms with E-state index in [1.807, 2.05) is 34.6 Å². The van der Waals surface area contributed by atoms with Gasteiger partial charge in [-0.05, 0) is 67.0 Å².